The molecule has 2 heterocycles. The fourth-order valence-electron chi connectivity index (χ4n) is 8.88. The minimum absolute atomic E-state index is 0.855. The molecule has 0 N–H and O–H groups in total. The van der Waals surface area contributed by atoms with E-state index in [-0.39, 0.29) is 0 Å². The van der Waals surface area contributed by atoms with E-state index in [1.165, 1.54) is 76.5 Å². The Hall–Kier alpha value is -6.64. The fourth-order valence-corrected chi connectivity index (χ4v) is 8.88. The van der Waals surface area contributed by atoms with Gasteiger partial charge in [0.05, 0.1) is 0 Å². The highest BCUT2D eigenvalue weighted by molar-refractivity contribution is 6.28. The molecule has 11 rings (SSSR count). The summed E-state index contributed by atoms with van der Waals surface area (Å²) in [6.07, 6.45) is 6.21. The Labute approximate surface area is 308 Å². The second-order valence-corrected chi connectivity index (χ2v) is 14.6. The number of allylic oxidation sites excluding steroid dienone is 3. The van der Waals surface area contributed by atoms with Crippen molar-refractivity contribution in [2.24, 2.45) is 0 Å². The van der Waals surface area contributed by atoms with Crippen molar-refractivity contribution in [1.29, 1.82) is 0 Å². The van der Waals surface area contributed by atoms with Gasteiger partial charge in [0.15, 0.2) is 0 Å². The molecule has 0 aromatic heterocycles. The lowest BCUT2D eigenvalue weighted by Crippen LogP contribution is -1.98. The quantitative estimate of drug-likeness (QED) is 0.169. The van der Waals surface area contributed by atoms with E-state index in [9.17, 15) is 0 Å². The molecule has 0 unspecified atom stereocenters. The van der Waals surface area contributed by atoms with E-state index in [4.69, 9.17) is 9.47 Å². The molecule has 53 heavy (non-hydrogen) atoms. The third-order valence-corrected chi connectivity index (χ3v) is 11.4. The van der Waals surface area contributed by atoms with Crippen LogP contribution in [0.2, 0.25) is 0 Å². The molecule has 2 aliphatic rings. The summed E-state index contributed by atoms with van der Waals surface area (Å²) >= 11 is 0. The van der Waals surface area contributed by atoms with Crippen molar-refractivity contribution in [3.8, 4) is 61.8 Å². The Morgan fingerprint density at radius 3 is 1.72 bits per heavy atom. The standard InChI is InChI=1S/C51H34O2/c1-29-24-44(35-16-18-39-34-13-5-10-32(26-34)9-4-8-31(3)52-47(39)27-35)42-22-20-38-30(2)25-45(43-23-21-37(29)50(42)51(38)43)36-17-19-40-41-14-6-11-33-12-7-15-46(49(33)41)53-48(40)28-36/h4-28H,1-3H3/b9-4-,31-8+. The number of ether oxygens (including phenoxy) is 2. The molecule has 9 aromatic carbocycles. The van der Waals surface area contributed by atoms with Gasteiger partial charge in [0, 0.05) is 16.5 Å². The molecule has 0 spiro atoms. The second kappa shape index (κ2) is 11.2. The first-order chi connectivity index (χ1) is 26.0. The highest BCUT2D eigenvalue weighted by Crippen LogP contribution is 2.50. The van der Waals surface area contributed by atoms with Crippen LogP contribution in [0.1, 0.15) is 23.6 Å². The van der Waals surface area contributed by atoms with Gasteiger partial charge in [-0.05, 0) is 145 Å². The van der Waals surface area contributed by atoms with Crippen molar-refractivity contribution in [3.05, 3.63) is 168 Å². The molecular formula is C51H34O2. The Morgan fingerprint density at radius 1 is 0.396 bits per heavy atom. The van der Waals surface area contributed by atoms with Crippen LogP contribution >= 0.6 is 0 Å². The monoisotopic (exact) mass is 678 g/mol. The van der Waals surface area contributed by atoms with E-state index in [1.54, 1.807) is 0 Å². The summed E-state index contributed by atoms with van der Waals surface area (Å²) < 4.78 is 13.2. The summed E-state index contributed by atoms with van der Waals surface area (Å²) in [5.74, 6) is 3.53. The normalized spacial score (nSPS) is 14.7. The van der Waals surface area contributed by atoms with Crippen LogP contribution < -0.4 is 9.47 Å². The number of fused-ring (bicyclic) bond motifs is 6. The minimum atomic E-state index is 0.855. The van der Waals surface area contributed by atoms with Gasteiger partial charge in [-0.1, -0.05) is 115 Å². The lowest BCUT2D eigenvalue weighted by Gasteiger charge is -2.23. The van der Waals surface area contributed by atoms with Gasteiger partial charge in [-0.15, -0.1) is 0 Å². The topological polar surface area (TPSA) is 18.5 Å². The highest BCUT2D eigenvalue weighted by atomic mass is 16.5. The van der Waals surface area contributed by atoms with E-state index in [0.29, 0.717) is 0 Å². The number of hydrogen-bond donors (Lipinski definition) is 0. The van der Waals surface area contributed by atoms with Crippen LogP contribution in [-0.4, -0.2) is 0 Å². The molecule has 250 valence electrons. The largest absolute Gasteiger partial charge is 0.461 e. The molecule has 0 aliphatic carbocycles. The van der Waals surface area contributed by atoms with Crippen molar-refractivity contribution in [3.63, 3.8) is 0 Å². The Bertz CT molecular complexity index is 3080. The van der Waals surface area contributed by atoms with Crippen molar-refractivity contribution in [1.82, 2.24) is 0 Å². The number of hydrogen-bond acceptors (Lipinski definition) is 2. The van der Waals surface area contributed by atoms with Crippen LogP contribution in [-0.2, 0) is 0 Å². The maximum Gasteiger partial charge on any atom is 0.135 e. The zero-order chi connectivity index (χ0) is 35.4. The molecular weight excluding hydrogens is 645 g/mol. The predicted octanol–water partition coefficient (Wildman–Crippen LogP) is 14.4. The lowest BCUT2D eigenvalue weighted by molar-refractivity contribution is 0.430. The molecule has 0 radical (unpaired) electrons. The summed E-state index contributed by atoms with van der Waals surface area (Å²) in [5.41, 5.74) is 13.0. The van der Waals surface area contributed by atoms with Gasteiger partial charge in [-0.3, -0.25) is 0 Å². The van der Waals surface area contributed by atoms with Crippen LogP contribution in [0.5, 0.6) is 17.2 Å². The fraction of sp³-hybridized carbons (Fsp3) is 0.0588. The summed E-state index contributed by atoms with van der Waals surface area (Å²) in [5, 5.41) is 10.1. The molecule has 0 saturated carbocycles. The van der Waals surface area contributed by atoms with Crippen molar-refractivity contribution in [2.45, 2.75) is 20.8 Å². The number of benzene rings is 9. The predicted molar refractivity (Wildman–Crippen MR) is 222 cm³/mol. The maximum atomic E-state index is 6.62. The van der Waals surface area contributed by atoms with Gasteiger partial charge in [0.2, 0.25) is 0 Å². The summed E-state index contributed by atoms with van der Waals surface area (Å²) in [7, 11) is 0. The Kier molecular flexibility index (Phi) is 6.33. The summed E-state index contributed by atoms with van der Waals surface area (Å²) in [4.78, 5) is 0. The molecule has 2 nitrogen and oxygen atoms in total. The zero-order valence-electron chi connectivity index (χ0n) is 29.8. The van der Waals surface area contributed by atoms with Crippen molar-refractivity contribution < 1.29 is 9.47 Å². The van der Waals surface area contributed by atoms with Crippen LogP contribution in [0.15, 0.2) is 151 Å². The molecule has 0 fully saturated rings. The van der Waals surface area contributed by atoms with Gasteiger partial charge >= 0.3 is 0 Å². The van der Waals surface area contributed by atoms with Crippen molar-refractivity contribution >= 4 is 49.2 Å². The van der Waals surface area contributed by atoms with E-state index in [2.05, 4.69) is 159 Å². The van der Waals surface area contributed by atoms with Gasteiger partial charge in [-0.2, -0.15) is 0 Å². The molecule has 2 aliphatic heterocycles. The van der Waals surface area contributed by atoms with Crippen LogP contribution in [0.4, 0.5) is 0 Å². The average Bonchev–Trinajstić information content (AvgIpc) is 3.18. The second-order valence-electron chi connectivity index (χ2n) is 14.6. The number of rotatable bonds is 2. The first-order valence-corrected chi connectivity index (χ1v) is 18.3. The van der Waals surface area contributed by atoms with Gasteiger partial charge in [0.1, 0.15) is 23.0 Å². The zero-order valence-corrected chi connectivity index (χ0v) is 29.8. The summed E-state index contributed by atoms with van der Waals surface area (Å²) in [6.45, 7) is 6.50. The lowest BCUT2D eigenvalue weighted by atomic mass is 9.84. The molecule has 0 amide bonds. The van der Waals surface area contributed by atoms with Crippen LogP contribution in [0.3, 0.4) is 0 Å². The molecule has 2 bridgehead atoms. The van der Waals surface area contributed by atoms with Crippen LogP contribution in [0.25, 0.3) is 93.7 Å². The molecule has 0 saturated heterocycles. The highest BCUT2D eigenvalue weighted by Gasteiger charge is 2.23. The summed E-state index contributed by atoms with van der Waals surface area (Å²) in [6, 6.07) is 48.9. The van der Waals surface area contributed by atoms with E-state index in [1.807, 2.05) is 13.0 Å². The average molecular weight is 679 g/mol. The first kappa shape index (κ1) is 30.0. The Balaban J connectivity index is 1.11. The van der Waals surface area contributed by atoms with Gasteiger partial charge in [0.25, 0.3) is 0 Å². The number of aryl methyl sites for hydroxylation is 2. The smallest absolute Gasteiger partial charge is 0.135 e. The SMILES string of the molecule is C/C1=C\C=C/c2cccc(c2)-c2ccc(-c3cc(C)c4ccc5c(-c6ccc7c(c6)Oc6cccc8cccc-7c68)cc(C)c6ccc3c4c65)cc2O1. The molecule has 0 atom stereocenters. The van der Waals surface area contributed by atoms with Gasteiger partial charge < -0.3 is 9.47 Å². The van der Waals surface area contributed by atoms with E-state index >= 15 is 0 Å². The maximum absolute atomic E-state index is 6.62. The van der Waals surface area contributed by atoms with E-state index < -0.39 is 0 Å². The molecule has 9 aromatic rings. The first-order valence-electron chi connectivity index (χ1n) is 18.3. The van der Waals surface area contributed by atoms with E-state index in [0.717, 1.165) is 50.8 Å². The Morgan fingerprint density at radius 2 is 1.00 bits per heavy atom. The van der Waals surface area contributed by atoms with Crippen molar-refractivity contribution in [2.75, 3.05) is 0 Å². The minimum Gasteiger partial charge on any atom is -0.461 e. The van der Waals surface area contributed by atoms with Crippen LogP contribution in [0, 0.1) is 13.8 Å². The third-order valence-electron chi connectivity index (χ3n) is 11.4. The van der Waals surface area contributed by atoms with Gasteiger partial charge in [-0.25, -0.2) is 0 Å². The molecule has 2 heteroatoms. The third kappa shape index (κ3) is 4.52.